The number of carbonyl (C=O) groups is 1. The van der Waals surface area contributed by atoms with Crippen LogP contribution in [-0.4, -0.2) is 16.9 Å². The maximum absolute atomic E-state index is 12.5. The van der Waals surface area contributed by atoms with Crippen LogP contribution < -0.4 is 11.1 Å². The zero-order valence-electron chi connectivity index (χ0n) is 11.2. The number of hydrogen-bond acceptors (Lipinski definition) is 2. The van der Waals surface area contributed by atoms with E-state index in [4.69, 9.17) is 18.0 Å². The average Bonchev–Trinajstić information content (AvgIpc) is 3.10. The molecule has 1 amide bonds. The van der Waals surface area contributed by atoms with Crippen molar-refractivity contribution in [1.82, 2.24) is 5.32 Å². The summed E-state index contributed by atoms with van der Waals surface area (Å²) in [5.41, 5.74) is 5.34. The molecule has 4 heteroatoms. The molecule has 0 aromatic heterocycles. The van der Waals surface area contributed by atoms with Gasteiger partial charge in [-0.1, -0.05) is 51.2 Å². The lowest BCUT2D eigenvalue weighted by atomic mass is 9.79. The lowest BCUT2D eigenvalue weighted by Crippen LogP contribution is -2.49. The third kappa shape index (κ3) is 2.68. The van der Waals surface area contributed by atoms with Crippen molar-refractivity contribution in [3.05, 3.63) is 0 Å². The zero-order chi connectivity index (χ0) is 13.2. The molecule has 2 rings (SSSR count). The summed E-state index contributed by atoms with van der Waals surface area (Å²) in [5.74, 6) is 0.765. The fourth-order valence-electron chi connectivity index (χ4n) is 3.10. The Kier molecular flexibility index (Phi) is 4.25. The van der Waals surface area contributed by atoms with E-state index in [9.17, 15) is 4.79 Å². The molecule has 0 aromatic carbocycles. The monoisotopic (exact) mass is 268 g/mol. The molecule has 0 spiro atoms. The number of nitrogens with one attached hydrogen (secondary N) is 1. The Morgan fingerprint density at radius 2 is 1.94 bits per heavy atom. The molecule has 0 saturated heterocycles. The van der Waals surface area contributed by atoms with Gasteiger partial charge in [0, 0.05) is 6.04 Å². The highest BCUT2D eigenvalue weighted by molar-refractivity contribution is 7.80. The highest BCUT2D eigenvalue weighted by atomic mass is 32.1. The molecule has 2 unspecified atom stereocenters. The van der Waals surface area contributed by atoms with Crippen LogP contribution in [0, 0.1) is 11.3 Å². The second-order valence-electron chi connectivity index (χ2n) is 5.84. The minimum atomic E-state index is -0.563. The molecule has 0 bridgehead atoms. The van der Waals surface area contributed by atoms with Gasteiger partial charge in [-0.2, -0.15) is 0 Å². The second kappa shape index (κ2) is 5.55. The van der Waals surface area contributed by atoms with Crippen molar-refractivity contribution in [3.63, 3.8) is 0 Å². The minimum absolute atomic E-state index is 0.0952. The number of carbonyl (C=O) groups excluding carboxylic acids is 1. The molecule has 0 aromatic rings. The van der Waals surface area contributed by atoms with Gasteiger partial charge in [-0.05, 0) is 25.2 Å². The maximum Gasteiger partial charge on any atom is 0.233 e. The standard InChI is InChI=1S/C14H24N2OS/c1-2-10-9-11(10)16-13(17)14(12(15)18)7-5-3-4-6-8-14/h10-11H,2-9H2,1H3,(H2,15,18)(H,16,17). The number of rotatable bonds is 4. The van der Waals surface area contributed by atoms with Gasteiger partial charge in [-0.25, -0.2) is 0 Å². The second-order valence-corrected chi connectivity index (χ2v) is 6.28. The SMILES string of the molecule is CCC1CC1NC(=O)C1(C(N)=S)CCCCCC1. The van der Waals surface area contributed by atoms with E-state index in [1.54, 1.807) is 0 Å². The predicted molar refractivity (Wildman–Crippen MR) is 77.2 cm³/mol. The Labute approximate surface area is 115 Å². The number of amides is 1. The van der Waals surface area contributed by atoms with Crippen molar-refractivity contribution in [2.24, 2.45) is 17.1 Å². The Morgan fingerprint density at radius 1 is 1.33 bits per heavy atom. The van der Waals surface area contributed by atoms with E-state index in [2.05, 4.69) is 12.2 Å². The zero-order valence-corrected chi connectivity index (χ0v) is 12.0. The number of hydrogen-bond donors (Lipinski definition) is 2. The summed E-state index contributed by atoms with van der Waals surface area (Å²) >= 11 is 5.21. The fourth-order valence-corrected chi connectivity index (χ4v) is 3.40. The predicted octanol–water partition coefficient (Wildman–Crippen LogP) is 2.53. The normalized spacial score (nSPS) is 30.3. The van der Waals surface area contributed by atoms with E-state index < -0.39 is 5.41 Å². The van der Waals surface area contributed by atoms with Crippen LogP contribution in [0.4, 0.5) is 0 Å². The smallest absolute Gasteiger partial charge is 0.233 e. The van der Waals surface area contributed by atoms with Crippen LogP contribution in [-0.2, 0) is 4.79 Å². The van der Waals surface area contributed by atoms with Gasteiger partial charge in [0.25, 0.3) is 0 Å². The molecule has 18 heavy (non-hydrogen) atoms. The molecular weight excluding hydrogens is 244 g/mol. The first-order chi connectivity index (χ1) is 8.60. The van der Waals surface area contributed by atoms with Gasteiger partial charge >= 0.3 is 0 Å². The Bertz CT molecular complexity index is 335. The highest BCUT2D eigenvalue weighted by Gasteiger charge is 2.45. The van der Waals surface area contributed by atoms with Crippen LogP contribution in [0.1, 0.15) is 58.3 Å². The lowest BCUT2D eigenvalue weighted by Gasteiger charge is -2.30. The first-order valence-electron chi connectivity index (χ1n) is 7.21. The average molecular weight is 268 g/mol. The first-order valence-corrected chi connectivity index (χ1v) is 7.62. The van der Waals surface area contributed by atoms with Crippen LogP contribution in [0.5, 0.6) is 0 Å². The van der Waals surface area contributed by atoms with E-state index in [1.165, 1.54) is 12.8 Å². The fraction of sp³-hybridized carbons (Fsp3) is 0.857. The van der Waals surface area contributed by atoms with E-state index >= 15 is 0 Å². The van der Waals surface area contributed by atoms with Crippen LogP contribution in [0.25, 0.3) is 0 Å². The third-order valence-electron chi connectivity index (χ3n) is 4.63. The number of thiocarbonyl (C=S) groups is 1. The van der Waals surface area contributed by atoms with Crippen LogP contribution in [0.3, 0.4) is 0 Å². The van der Waals surface area contributed by atoms with Crippen molar-refractivity contribution in [2.45, 2.75) is 64.3 Å². The molecule has 102 valence electrons. The Hall–Kier alpha value is -0.640. The van der Waals surface area contributed by atoms with Gasteiger partial charge in [0.2, 0.25) is 5.91 Å². The van der Waals surface area contributed by atoms with Crippen molar-refractivity contribution in [2.75, 3.05) is 0 Å². The van der Waals surface area contributed by atoms with Gasteiger partial charge in [-0.15, -0.1) is 0 Å². The third-order valence-corrected chi connectivity index (χ3v) is 5.02. The van der Waals surface area contributed by atoms with E-state index in [0.29, 0.717) is 16.9 Å². The summed E-state index contributed by atoms with van der Waals surface area (Å²) < 4.78 is 0. The molecule has 2 atom stereocenters. The van der Waals surface area contributed by atoms with E-state index in [-0.39, 0.29) is 5.91 Å². The highest BCUT2D eigenvalue weighted by Crippen LogP contribution is 2.38. The minimum Gasteiger partial charge on any atom is -0.392 e. The first kappa shape index (κ1) is 13.8. The van der Waals surface area contributed by atoms with Crippen molar-refractivity contribution < 1.29 is 4.79 Å². The molecule has 3 N–H and O–H groups in total. The quantitative estimate of drug-likeness (QED) is 0.608. The van der Waals surface area contributed by atoms with Gasteiger partial charge in [0.05, 0.1) is 10.4 Å². The van der Waals surface area contributed by atoms with Crippen LogP contribution in [0.15, 0.2) is 0 Å². The summed E-state index contributed by atoms with van der Waals surface area (Å²) in [7, 11) is 0. The molecule has 0 radical (unpaired) electrons. The maximum atomic E-state index is 12.5. The molecule has 0 aliphatic heterocycles. The van der Waals surface area contributed by atoms with E-state index in [0.717, 1.165) is 38.5 Å². The number of nitrogens with two attached hydrogens (primary N) is 1. The largest absolute Gasteiger partial charge is 0.392 e. The molecule has 2 fully saturated rings. The Morgan fingerprint density at radius 3 is 2.39 bits per heavy atom. The van der Waals surface area contributed by atoms with Gasteiger partial charge in [-0.3, -0.25) is 4.79 Å². The summed E-state index contributed by atoms with van der Waals surface area (Å²) in [6.07, 6.45) is 8.44. The molecule has 3 nitrogen and oxygen atoms in total. The Balaban J connectivity index is 2.04. The molecule has 2 aliphatic rings. The summed E-state index contributed by atoms with van der Waals surface area (Å²) in [4.78, 5) is 12.9. The summed E-state index contributed by atoms with van der Waals surface area (Å²) in [5, 5.41) is 3.17. The summed E-state index contributed by atoms with van der Waals surface area (Å²) in [6, 6.07) is 0.372. The lowest BCUT2D eigenvalue weighted by molar-refractivity contribution is -0.128. The molecular formula is C14H24N2OS. The van der Waals surface area contributed by atoms with Gasteiger partial charge in [0.15, 0.2) is 0 Å². The van der Waals surface area contributed by atoms with Crippen LogP contribution >= 0.6 is 12.2 Å². The topological polar surface area (TPSA) is 55.1 Å². The van der Waals surface area contributed by atoms with Crippen molar-refractivity contribution in [3.8, 4) is 0 Å². The molecule has 2 saturated carbocycles. The van der Waals surface area contributed by atoms with Gasteiger partial charge in [0.1, 0.15) is 0 Å². The van der Waals surface area contributed by atoms with Crippen molar-refractivity contribution in [1.29, 1.82) is 0 Å². The summed E-state index contributed by atoms with van der Waals surface area (Å²) in [6.45, 7) is 2.17. The van der Waals surface area contributed by atoms with Gasteiger partial charge < -0.3 is 11.1 Å². The molecule has 0 heterocycles. The van der Waals surface area contributed by atoms with E-state index in [1.807, 2.05) is 0 Å². The van der Waals surface area contributed by atoms with Crippen LogP contribution in [0.2, 0.25) is 0 Å². The molecule has 2 aliphatic carbocycles. The van der Waals surface area contributed by atoms with Crippen molar-refractivity contribution >= 4 is 23.1 Å².